The van der Waals surface area contributed by atoms with Crippen molar-refractivity contribution in [2.75, 3.05) is 0 Å². The molecule has 4 nitrogen and oxygen atoms in total. The van der Waals surface area contributed by atoms with Crippen molar-refractivity contribution >= 4 is 11.6 Å². The molecule has 2 aromatic rings. The van der Waals surface area contributed by atoms with Crippen molar-refractivity contribution in [2.24, 2.45) is 0 Å². The highest BCUT2D eigenvalue weighted by atomic mass is 16.1. The molecule has 0 aliphatic rings. The molecule has 0 bridgehead atoms. The van der Waals surface area contributed by atoms with Crippen LogP contribution in [0.4, 0.5) is 0 Å². The van der Waals surface area contributed by atoms with Gasteiger partial charge < -0.3 is 9.72 Å². The first-order valence-corrected chi connectivity index (χ1v) is 6.65. The monoisotopic (exact) mass is 259 g/mol. The lowest BCUT2D eigenvalue weighted by atomic mass is 10.0. The zero-order valence-electron chi connectivity index (χ0n) is 12.0. The first-order chi connectivity index (χ1) is 8.91. The molecule has 102 valence electrons. The van der Waals surface area contributed by atoms with Gasteiger partial charge in [0.25, 0.3) is 0 Å². The maximum atomic E-state index is 12.0. The van der Waals surface area contributed by atoms with E-state index in [0.717, 1.165) is 23.3 Å². The summed E-state index contributed by atoms with van der Waals surface area (Å²) >= 11 is 0. The summed E-state index contributed by atoms with van der Waals surface area (Å²) in [7, 11) is 0. The SMILES string of the molecule is CCC(C)(C)NC(=O)Cc1cn2cccc(C)c2n1. The number of amides is 1. The summed E-state index contributed by atoms with van der Waals surface area (Å²) in [6.45, 7) is 8.14. The van der Waals surface area contributed by atoms with Crippen molar-refractivity contribution in [3.05, 3.63) is 35.8 Å². The second-order valence-electron chi connectivity index (χ2n) is 5.62. The van der Waals surface area contributed by atoms with Gasteiger partial charge in [-0.1, -0.05) is 13.0 Å². The van der Waals surface area contributed by atoms with Crippen molar-refractivity contribution in [1.29, 1.82) is 0 Å². The summed E-state index contributed by atoms with van der Waals surface area (Å²) in [6.07, 6.45) is 5.10. The Morgan fingerprint density at radius 1 is 1.47 bits per heavy atom. The van der Waals surface area contributed by atoms with Gasteiger partial charge in [-0.05, 0) is 38.8 Å². The van der Waals surface area contributed by atoms with E-state index in [1.54, 1.807) is 0 Å². The van der Waals surface area contributed by atoms with E-state index in [0.29, 0.717) is 6.42 Å². The number of carbonyl (C=O) groups is 1. The van der Waals surface area contributed by atoms with Gasteiger partial charge in [-0.3, -0.25) is 4.79 Å². The van der Waals surface area contributed by atoms with E-state index in [2.05, 4.69) is 17.2 Å². The number of aromatic nitrogens is 2. The van der Waals surface area contributed by atoms with Crippen LogP contribution in [0.3, 0.4) is 0 Å². The van der Waals surface area contributed by atoms with E-state index in [-0.39, 0.29) is 11.4 Å². The van der Waals surface area contributed by atoms with Crippen LogP contribution in [-0.4, -0.2) is 20.8 Å². The Bertz CT molecular complexity index is 598. The summed E-state index contributed by atoms with van der Waals surface area (Å²) in [5.74, 6) is 0.0212. The molecule has 0 fully saturated rings. The average Bonchev–Trinajstić information content (AvgIpc) is 2.72. The van der Waals surface area contributed by atoms with Gasteiger partial charge in [-0.15, -0.1) is 0 Å². The Morgan fingerprint density at radius 3 is 2.84 bits per heavy atom. The fraction of sp³-hybridized carbons (Fsp3) is 0.467. The molecule has 19 heavy (non-hydrogen) atoms. The minimum atomic E-state index is -0.161. The van der Waals surface area contributed by atoms with Gasteiger partial charge in [0, 0.05) is 17.9 Å². The van der Waals surface area contributed by atoms with E-state index in [1.165, 1.54) is 0 Å². The molecule has 4 heteroatoms. The van der Waals surface area contributed by atoms with Gasteiger partial charge >= 0.3 is 0 Å². The van der Waals surface area contributed by atoms with Crippen LogP contribution in [0.5, 0.6) is 0 Å². The smallest absolute Gasteiger partial charge is 0.226 e. The molecule has 2 rings (SSSR count). The predicted octanol–water partition coefficient (Wildman–Crippen LogP) is 2.49. The van der Waals surface area contributed by atoms with Crippen LogP contribution in [0.1, 0.15) is 38.4 Å². The molecule has 1 N–H and O–H groups in total. The number of pyridine rings is 1. The molecule has 0 aliphatic heterocycles. The maximum Gasteiger partial charge on any atom is 0.226 e. The second-order valence-corrected chi connectivity index (χ2v) is 5.62. The normalized spacial score (nSPS) is 11.8. The number of imidazole rings is 1. The van der Waals surface area contributed by atoms with Crippen LogP contribution >= 0.6 is 0 Å². The first kappa shape index (κ1) is 13.6. The fourth-order valence-corrected chi connectivity index (χ4v) is 1.96. The third kappa shape index (κ3) is 3.13. The van der Waals surface area contributed by atoms with Crippen LogP contribution < -0.4 is 5.32 Å². The van der Waals surface area contributed by atoms with Crippen LogP contribution in [0.25, 0.3) is 5.65 Å². The number of fused-ring (bicyclic) bond motifs is 1. The largest absolute Gasteiger partial charge is 0.351 e. The molecule has 0 aromatic carbocycles. The Morgan fingerprint density at radius 2 is 2.21 bits per heavy atom. The number of hydrogen-bond donors (Lipinski definition) is 1. The molecule has 0 aliphatic carbocycles. The number of rotatable bonds is 4. The Hall–Kier alpha value is -1.84. The molecule has 2 heterocycles. The highest BCUT2D eigenvalue weighted by Crippen LogP contribution is 2.11. The molecule has 2 aromatic heterocycles. The molecule has 1 amide bonds. The van der Waals surface area contributed by atoms with Gasteiger partial charge in [0.2, 0.25) is 5.91 Å². The topological polar surface area (TPSA) is 46.4 Å². The molecule has 0 unspecified atom stereocenters. The minimum Gasteiger partial charge on any atom is -0.351 e. The highest BCUT2D eigenvalue weighted by molar-refractivity contribution is 5.79. The summed E-state index contributed by atoms with van der Waals surface area (Å²) in [5, 5.41) is 3.03. The number of nitrogens with zero attached hydrogens (tertiary/aromatic N) is 2. The molecule has 0 saturated carbocycles. The predicted molar refractivity (Wildman–Crippen MR) is 76.1 cm³/mol. The number of nitrogens with one attached hydrogen (secondary N) is 1. The zero-order chi connectivity index (χ0) is 14.0. The fourth-order valence-electron chi connectivity index (χ4n) is 1.96. The Balaban J connectivity index is 2.14. The molecular formula is C15H21N3O. The lowest BCUT2D eigenvalue weighted by Crippen LogP contribution is -2.43. The van der Waals surface area contributed by atoms with Crippen LogP contribution in [0.2, 0.25) is 0 Å². The van der Waals surface area contributed by atoms with Gasteiger partial charge in [0.1, 0.15) is 5.65 Å². The molecule has 0 atom stereocenters. The van der Waals surface area contributed by atoms with Gasteiger partial charge in [-0.2, -0.15) is 0 Å². The van der Waals surface area contributed by atoms with Gasteiger partial charge in [0.05, 0.1) is 12.1 Å². The third-order valence-corrected chi connectivity index (χ3v) is 3.43. The quantitative estimate of drug-likeness (QED) is 0.917. The van der Waals surface area contributed by atoms with E-state index in [1.807, 2.05) is 49.7 Å². The van der Waals surface area contributed by atoms with Crippen LogP contribution in [-0.2, 0) is 11.2 Å². The van der Waals surface area contributed by atoms with Crippen LogP contribution in [0.15, 0.2) is 24.5 Å². The molecule has 0 radical (unpaired) electrons. The van der Waals surface area contributed by atoms with Crippen molar-refractivity contribution in [3.8, 4) is 0 Å². The van der Waals surface area contributed by atoms with E-state index in [4.69, 9.17) is 0 Å². The number of carbonyl (C=O) groups excluding carboxylic acids is 1. The maximum absolute atomic E-state index is 12.0. The molecule has 0 saturated heterocycles. The van der Waals surface area contributed by atoms with Gasteiger partial charge in [-0.25, -0.2) is 4.98 Å². The third-order valence-electron chi connectivity index (χ3n) is 3.43. The standard InChI is InChI=1S/C15H21N3O/c1-5-15(3,4)17-13(19)9-12-10-18-8-6-7-11(2)14(18)16-12/h6-8,10H,5,9H2,1-4H3,(H,17,19). The van der Waals surface area contributed by atoms with Crippen molar-refractivity contribution in [1.82, 2.24) is 14.7 Å². The van der Waals surface area contributed by atoms with Crippen molar-refractivity contribution in [3.63, 3.8) is 0 Å². The van der Waals surface area contributed by atoms with Crippen LogP contribution in [0, 0.1) is 6.92 Å². The highest BCUT2D eigenvalue weighted by Gasteiger charge is 2.18. The average molecular weight is 259 g/mol. The zero-order valence-corrected chi connectivity index (χ0v) is 12.0. The second kappa shape index (κ2) is 5.03. The van der Waals surface area contributed by atoms with Gasteiger partial charge in [0.15, 0.2) is 0 Å². The Labute approximate surface area is 113 Å². The number of hydrogen-bond acceptors (Lipinski definition) is 2. The van der Waals surface area contributed by atoms with E-state index in [9.17, 15) is 4.79 Å². The van der Waals surface area contributed by atoms with Crippen molar-refractivity contribution in [2.45, 2.75) is 46.1 Å². The van der Waals surface area contributed by atoms with E-state index < -0.39 is 0 Å². The van der Waals surface area contributed by atoms with Crippen molar-refractivity contribution < 1.29 is 4.79 Å². The molecule has 0 spiro atoms. The summed E-state index contributed by atoms with van der Waals surface area (Å²) in [6, 6.07) is 4.00. The summed E-state index contributed by atoms with van der Waals surface area (Å²) in [5.41, 5.74) is 2.67. The lowest BCUT2D eigenvalue weighted by Gasteiger charge is -2.24. The summed E-state index contributed by atoms with van der Waals surface area (Å²) < 4.78 is 1.96. The molecular weight excluding hydrogens is 238 g/mol. The summed E-state index contributed by atoms with van der Waals surface area (Å²) in [4.78, 5) is 16.5. The minimum absolute atomic E-state index is 0.0212. The first-order valence-electron chi connectivity index (χ1n) is 6.65. The Kier molecular flexibility index (Phi) is 3.60. The lowest BCUT2D eigenvalue weighted by molar-refractivity contribution is -0.122. The van der Waals surface area contributed by atoms with E-state index >= 15 is 0 Å². The number of aryl methyl sites for hydroxylation is 1.